The van der Waals surface area contributed by atoms with Crippen molar-refractivity contribution in [3.05, 3.63) is 65.7 Å². The van der Waals surface area contributed by atoms with E-state index >= 15 is 0 Å². The summed E-state index contributed by atoms with van der Waals surface area (Å²) < 4.78 is 5.74. The summed E-state index contributed by atoms with van der Waals surface area (Å²) in [5, 5.41) is 9.09. The molecule has 2 aromatic rings. The van der Waals surface area contributed by atoms with E-state index in [0.29, 0.717) is 17.9 Å². The van der Waals surface area contributed by atoms with Gasteiger partial charge in [-0.1, -0.05) is 36.4 Å². The number of hydrogen-bond acceptors (Lipinski definition) is 3. The van der Waals surface area contributed by atoms with E-state index in [1.54, 1.807) is 24.3 Å². The molecule has 0 aliphatic rings. The second-order valence-corrected chi connectivity index (χ2v) is 6.76. The van der Waals surface area contributed by atoms with Crippen molar-refractivity contribution in [1.29, 1.82) is 0 Å². The molecule has 0 aliphatic heterocycles. The van der Waals surface area contributed by atoms with E-state index in [9.17, 15) is 9.59 Å². The number of carbonyl (C=O) groups is 2. The number of amides is 1. The number of benzene rings is 2. The van der Waals surface area contributed by atoms with Crippen LogP contribution in [0.4, 0.5) is 0 Å². The zero-order chi connectivity index (χ0) is 18.4. The Morgan fingerprint density at radius 1 is 1.04 bits per heavy atom. The van der Waals surface area contributed by atoms with Crippen LogP contribution in [0, 0.1) is 0 Å². The molecule has 5 heteroatoms. The molecule has 25 heavy (non-hydrogen) atoms. The van der Waals surface area contributed by atoms with E-state index in [1.165, 1.54) is 4.90 Å². The fourth-order valence-electron chi connectivity index (χ4n) is 2.36. The molecule has 132 valence electrons. The van der Waals surface area contributed by atoms with E-state index in [2.05, 4.69) is 0 Å². The van der Waals surface area contributed by atoms with Crippen LogP contribution in [0.25, 0.3) is 0 Å². The number of ether oxygens (including phenoxy) is 1. The number of carbonyl (C=O) groups excluding carboxylic acids is 1. The predicted molar refractivity (Wildman–Crippen MR) is 95.6 cm³/mol. The maximum Gasteiger partial charge on any atom is 0.323 e. The summed E-state index contributed by atoms with van der Waals surface area (Å²) >= 11 is 0. The second kappa shape index (κ2) is 7.83. The molecule has 2 aromatic carbocycles. The third-order valence-corrected chi connectivity index (χ3v) is 3.68. The SMILES string of the molecule is CC(C)(C)N(CC(=O)O)C(=O)c1cccc(OCc2ccccc2)c1. The maximum absolute atomic E-state index is 12.8. The minimum Gasteiger partial charge on any atom is -0.489 e. The second-order valence-electron chi connectivity index (χ2n) is 6.76. The molecular formula is C20H23NO4. The molecule has 5 nitrogen and oxygen atoms in total. The summed E-state index contributed by atoms with van der Waals surface area (Å²) in [6, 6.07) is 16.5. The van der Waals surface area contributed by atoms with Gasteiger partial charge >= 0.3 is 5.97 Å². The minimum atomic E-state index is -1.04. The van der Waals surface area contributed by atoms with E-state index < -0.39 is 11.5 Å². The first-order valence-electron chi connectivity index (χ1n) is 8.08. The van der Waals surface area contributed by atoms with Crippen LogP contribution in [0.3, 0.4) is 0 Å². The average molecular weight is 341 g/mol. The van der Waals surface area contributed by atoms with Gasteiger partial charge in [-0.3, -0.25) is 9.59 Å². The Hall–Kier alpha value is -2.82. The van der Waals surface area contributed by atoms with Crippen LogP contribution in [-0.2, 0) is 11.4 Å². The van der Waals surface area contributed by atoms with Gasteiger partial charge in [0.05, 0.1) is 0 Å². The highest BCUT2D eigenvalue weighted by Gasteiger charge is 2.29. The molecule has 0 radical (unpaired) electrons. The highest BCUT2D eigenvalue weighted by atomic mass is 16.5. The summed E-state index contributed by atoms with van der Waals surface area (Å²) in [6.07, 6.45) is 0. The summed E-state index contributed by atoms with van der Waals surface area (Å²) in [7, 11) is 0. The Bertz CT molecular complexity index is 735. The van der Waals surface area contributed by atoms with E-state index in [0.717, 1.165) is 5.56 Å². The van der Waals surface area contributed by atoms with Gasteiger partial charge in [0.1, 0.15) is 18.9 Å². The Labute approximate surface area is 147 Å². The van der Waals surface area contributed by atoms with Gasteiger partial charge in [-0.15, -0.1) is 0 Å². The number of carboxylic acids is 1. The van der Waals surface area contributed by atoms with Gasteiger partial charge in [0, 0.05) is 11.1 Å². The maximum atomic E-state index is 12.8. The lowest BCUT2D eigenvalue weighted by atomic mass is 10.0. The lowest BCUT2D eigenvalue weighted by Crippen LogP contribution is -2.48. The molecule has 0 fully saturated rings. The molecule has 0 unspecified atom stereocenters. The van der Waals surface area contributed by atoms with Crippen molar-refractivity contribution in [2.24, 2.45) is 0 Å². The van der Waals surface area contributed by atoms with Crippen molar-refractivity contribution >= 4 is 11.9 Å². The van der Waals surface area contributed by atoms with E-state index in [4.69, 9.17) is 9.84 Å². The first-order valence-corrected chi connectivity index (χ1v) is 8.08. The highest BCUT2D eigenvalue weighted by Crippen LogP contribution is 2.21. The summed E-state index contributed by atoms with van der Waals surface area (Å²) in [5.74, 6) is -0.807. The Morgan fingerprint density at radius 2 is 1.72 bits per heavy atom. The molecule has 0 saturated heterocycles. The quantitative estimate of drug-likeness (QED) is 0.872. The fraction of sp³-hybridized carbons (Fsp3) is 0.300. The number of aliphatic carboxylic acids is 1. The average Bonchev–Trinajstić information content (AvgIpc) is 2.57. The zero-order valence-corrected chi connectivity index (χ0v) is 14.7. The van der Waals surface area contributed by atoms with Crippen molar-refractivity contribution in [3.63, 3.8) is 0 Å². The van der Waals surface area contributed by atoms with Crippen molar-refractivity contribution < 1.29 is 19.4 Å². The summed E-state index contributed by atoms with van der Waals surface area (Å²) in [5.41, 5.74) is 0.833. The first-order chi connectivity index (χ1) is 11.8. The van der Waals surface area contributed by atoms with E-state index in [-0.39, 0.29) is 12.5 Å². The van der Waals surface area contributed by atoms with Gasteiger partial charge in [0.15, 0.2) is 0 Å². The molecule has 1 amide bonds. The summed E-state index contributed by atoms with van der Waals surface area (Å²) in [6.45, 7) is 5.48. The van der Waals surface area contributed by atoms with Crippen molar-refractivity contribution in [2.45, 2.75) is 32.9 Å². The minimum absolute atomic E-state index is 0.333. The van der Waals surface area contributed by atoms with Crippen LogP contribution < -0.4 is 4.74 Å². The molecule has 0 saturated carbocycles. The molecular weight excluding hydrogens is 318 g/mol. The molecule has 0 heterocycles. The number of rotatable bonds is 6. The molecule has 1 N–H and O–H groups in total. The van der Waals surface area contributed by atoms with Crippen LogP contribution in [0.15, 0.2) is 54.6 Å². The lowest BCUT2D eigenvalue weighted by molar-refractivity contribution is -0.138. The molecule has 0 aliphatic carbocycles. The fourth-order valence-corrected chi connectivity index (χ4v) is 2.36. The van der Waals surface area contributed by atoms with Crippen molar-refractivity contribution in [3.8, 4) is 5.75 Å². The van der Waals surface area contributed by atoms with Gasteiger partial charge in [-0.25, -0.2) is 0 Å². The van der Waals surface area contributed by atoms with Gasteiger partial charge in [0.25, 0.3) is 5.91 Å². The van der Waals surface area contributed by atoms with Gasteiger partial charge in [0.2, 0.25) is 0 Å². The van der Waals surface area contributed by atoms with Crippen molar-refractivity contribution in [1.82, 2.24) is 4.90 Å². The van der Waals surface area contributed by atoms with Crippen LogP contribution in [0.2, 0.25) is 0 Å². The lowest BCUT2D eigenvalue weighted by Gasteiger charge is -2.34. The van der Waals surface area contributed by atoms with Crippen LogP contribution in [-0.4, -0.2) is 34.0 Å². The Balaban J connectivity index is 2.15. The Kier molecular flexibility index (Phi) is 5.80. The number of hydrogen-bond donors (Lipinski definition) is 1. The monoisotopic (exact) mass is 341 g/mol. The zero-order valence-electron chi connectivity index (χ0n) is 14.7. The third kappa shape index (κ3) is 5.35. The Morgan fingerprint density at radius 3 is 2.32 bits per heavy atom. The van der Waals surface area contributed by atoms with Crippen LogP contribution >= 0.6 is 0 Å². The van der Waals surface area contributed by atoms with Gasteiger partial charge in [-0.2, -0.15) is 0 Å². The molecule has 0 aromatic heterocycles. The molecule has 0 spiro atoms. The third-order valence-electron chi connectivity index (χ3n) is 3.68. The standard InChI is InChI=1S/C20H23NO4/c1-20(2,3)21(13-18(22)23)19(24)16-10-7-11-17(12-16)25-14-15-8-5-4-6-9-15/h4-12H,13-14H2,1-3H3,(H,22,23). The van der Waals surface area contributed by atoms with E-state index in [1.807, 2.05) is 51.1 Å². The largest absolute Gasteiger partial charge is 0.489 e. The topological polar surface area (TPSA) is 66.8 Å². The molecule has 0 atom stereocenters. The smallest absolute Gasteiger partial charge is 0.323 e. The predicted octanol–water partition coefficient (Wildman–Crippen LogP) is 3.59. The molecule has 0 bridgehead atoms. The number of carboxylic acid groups (broad SMARTS) is 1. The van der Waals surface area contributed by atoms with Crippen molar-refractivity contribution in [2.75, 3.05) is 6.54 Å². The van der Waals surface area contributed by atoms with Crippen LogP contribution in [0.1, 0.15) is 36.7 Å². The van der Waals surface area contributed by atoms with Crippen LogP contribution in [0.5, 0.6) is 5.75 Å². The molecule has 2 rings (SSSR count). The normalized spacial score (nSPS) is 11.0. The van der Waals surface area contributed by atoms with Gasteiger partial charge in [-0.05, 0) is 44.5 Å². The first kappa shape index (κ1) is 18.5. The highest BCUT2D eigenvalue weighted by molar-refractivity contribution is 5.96. The van der Waals surface area contributed by atoms with Gasteiger partial charge < -0.3 is 14.7 Å². The number of nitrogens with zero attached hydrogens (tertiary/aromatic N) is 1. The summed E-state index contributed by atoms with van der Waals surface area (Å²) in [4.78, 5) is 25.2.